The molecule has 56 heavy (non-hydrogen) atoms. The second kappa shape index (κ2) is 13.1. The molecule has 3 aromatic heterocycles. The zero-order valence-corrected chi connectivity index (χ0v) is 30.4. The number of aromatic nitrogens is 4. The van der Waals surface area contributed by atoms with E-state index >= 15 is 0 Å². The molecule has 0 N–H and O–H groups in total. The van der Waals surface area contributed by atoms with E-state index in [0.717, 1.165) is 39.5 Å². The van der Waals surface area contributed by atoms with Crippen molar-refractivity contribution in [3.05, 3.63) is 206 Å². The number of benzene rings is 8. The predicted octanol–water partition coefficient (Wildman–Crippen LogP) is 13.3. The van der Waals surface area contributed by atoms with Crippen molar-refractivity contribution in [3.63, 3.8) is 0 Å². The molecule has 0 atom stereocenters. The van der Waals surface area contributed by atoms with E-state index in [9.17, 15) is 0 Å². The van der Waals surface area contributed by atoms with E-state index in [1.165, 1.54) is 54.7 Å². The highest BCUT2D eigenvalue weighted by Crippen LogP contribution is 2.42. The summed E-state index contributed by atoms with van der Waals surface area (Å²) >= 11 is 0. The molecule has 11 aromatic rings. The maximum absolute atomic E-state index is 5.11. The monoisotopic (exact) mass is 714 g/mol. The van der Waals surface area contributed by atoms with E-state index in [2.05, 4.69) is 191 Å². The molecule has 0 aliphatic heterocycles. The Balaban J connectivity index is 1.12. The Bertz CT molecular complexity index is 3140. The Morgan fingerprint density at radius 1 is 0.286 bits per heavy atom. The summed E-state index contributed by atoms with van der Waals surface area (Å²) in [6.07, 6.45) is 0. The van der Waals surface area contributed by atoms with Gasteiger partial charge in [0.25, 0.3) is 0 Å². The molecule has 0 fully saturated rings. The third kappa shape index (κ3) is 5.23. The molecule has 0 bridgehead atoms. The van der Waals surface area contributed by atoms with E-state index in [0.29, 0.717) is 5.82 Å². The number of rotatable bonds is 6. The van der Waals surface area contributed by atoms with Crippen molar-refractivity contribution >= 4 is 43.6 Å². The van der Waals surface area contributed by atoms with Gasteiger partial charge in [0.1, 0.15) is 0 Å². The average molecular weight is 715 g/mol. The van der Waals surface area contributed by atoms with Gasteiger partial charge >= 0.3 is 0 Å². The fraction of sp³-hybridized carbons (Fsp3) is 0. The minimum Gasteiger partial charge on any atom is -0.307 e. The summed E-state index contributed by atoms with van der Waals surface area (Å²) in [7, 11) is 0. The van der Waals surface area contributed by atoms with Gasteiger partial charge in [-0.15, -0.1) is 0 Å². The average Bonchev–Trinajstić information content (AvgIpc) is 3.80. The molecule has 4 heteroatoms. The largest absolute Gasteiger partial charge is 0.307 e. The molecular weight excluding hydrogens is 681 g/mol. The smallest absolute Gasteiger partial charge is 0.160 e. The van der Waals surface area contributed by atoms with Crippen LogP contribution >= 0.6 is 0 Å². The molecule has 262 valence electrons. The number of fused-ring (bicyclic) bond motifs is 7. The van der Waals surface area contributed by atoms with Crippen LogP contribution in [0.4, 0.5) is 0 Å². The summed E-state index contributed by atoms with van der Waals surface area (Å²) in [6.45, 7) is 0. The Morgan fingerprint density at radius 2 is 0.661 bits per heavy atom. The van der Waals surface area contributed by atoms with Crippen LogP contribution in [0, 0.1) is 0 Å². The van der Waals surface area contributed by atoms with Crippen LogP contribution in [0.25, 0.3) is 100 Å². The first-order valence-electron chi connectivity index (χ1n) is 19.0. The second-order valence-electron chi connectivity index (χ2n) is 14.2. The van der Waals surface area contributed by atoms with Gasteiger partial charge in [-0.3, -0.25) is 0 Å². The molecule has 0 aliphatic carbocycles. The molecule has 3 heterocycles. The second-order valence-corrected chi connectivity index (χ2v) is 14.2. The van der Waals surface area contributed by atoms with Gasteiger partial charge in [0.15, 0.2) is 5.82 Å². The maximum Gasteiger partial charge on any atom is 0.160 e. The van der Waals surface area contributed by atoms with Crippen molar-refractivity contribution in [1.82, 2.24) is 19.1 Å². The lowest BCUT2D eigenvalue weighted by atomic mass is 10.1. The van der Waals surface area contributed by atoms with Crippen molar-refractivity contribution in [2.75, 3.05) is 0 Å². The van der Waals surface area contributed by atoms with Gasteiger partial charge in [-0.2, -0.15) is 0 Å². The number of nitrogens with zero attached hydrogens (tertiary/aromatic N) is 4. The van der Waals surface area contributed by atoms with Gasteiger partial charge < -0.3 is 9.13 Å². The lowest BCUT2D eigenvalue weighted by Gasteiger charge is -2.14. The molecule has 0 unspecified atom stereocenters. The lowest BCUT2D eigenvalue weighted by Crippen LogP contribution is -1.99. The minimum atomic E-state index is 0.709. The standard InChI is InChI=1S/C52H34N4/c1-4-14-35(15-5-1)36-24-28-40(29-25-36)55-48-22-12-10-20-42(48)44-32-33-45-43-21-11-13-23-49(43)56(51(45)50(44)55)41-30-26-38(27-31-41)47-34-46(37-16-6-2-7-17-37)53-52(54-47)39-18-8-3-9-19-39/h1-34H. The van der Waals surface area contributed by atoms with Crippen LogP contribution in [0.1, 0.15) is 0 Å². The molecule has 8 aromatic carbocycles. The first-order chi connectivity index (χ1) is 27.8. The van der Waals surface area contributed by atoms with Crippen LogP contribution in [0.3, 0.4) is 0 Å². The Labute approximate surface area is 324 Å². The van der Waals surface area contributed by atoms with Gasteiger partial charge in [-0.05, 0) is 53.6 Å². The van der Waals surface area contributed by atoms with Crippen LogP contribution in [-0.4, -0.2) is 19.1 Å². The summed E-state index contributed by atoms with van der Waals surface area (Å²) in [4.78, 5) is 10.1. The van der Waals surface area contributed by atoms with Crippen molar-refractivity contribution in [2.45, 2.75) is 0 Å². The molecule has 0 amide bonds. The third-order valence-electron chi connectivity index (χ3n) is 11.0. The molecule has 0 radical (unpaired) electrons. The van der Waals surface area contributed by atoms with Gasteiger partial charge in [0.05, 0.1) is 33.5 Å². The van der Waals surface area contributed by atoms with Gasteiger partial charge in [-0.1, -0.05) is 164 Å². The molecule has 11 rings (SSSR count). The molecular formula is C52H34N4. The Hall–Kier alpha value is -7.56. The first kappa shape index (κ1) is 31.9. The van der Waals surface area contributed by atoms with Crippen LogP contribution in [0.5, 0.6) is 0 Å². The third-order valence-corrected chi connectivity index (χ3v) is 11.0. The van der Waals surface area contributed by atoms with Crippen molar-refractivity contribution in [1.29, 1.82) is 0 Å². The first-order valence-corrected chi connectivity index (χ1v) is 19.0. The van der Waals surface area contributed by atoms with E-state index in [1.807, 2.05) is 24.3 Å². The molecule has 0 aliphatic rings. The summed E-state index contributed by atoms with van der Waals surface area (Å²) in [5.41, 5.74) is 14.2. The zero-order chi connectivity index (χ0) is 37.0. The quantitative estimate of drug-likeness (QED) is 0.172. The number of hydrogen-bond acceptors (Lipinski definition) is 2. The zero-order valence-electron chi connectivity index (χ0n) is 30.4. The van der Waals surface area contributed by atoms with E-state index in [-0.39, 0.29) is 0 Å². The maximum atomic E-state index is 5.11. The van der Waals surface area contributed by atoms with E-state index in [1.54, 1.807) is 0 Å². The van der Waals surface area contributed by atoms with Crippen LogP contribution < -0.4 is 0 Å². The Kier molecular flexibility index (Phi) is 7.46. The minimum absolute atomic E-state index is 0.709. The van der Waals surface area contributed by atoms with Crippen LogP contribution in [-0.2, 0) is 0 Å². The van der Waals surface area contributed by atoms with Crippen LogP contribution in [0.15, 0.2) is 206 Å². The lowest BCUT2D eigenvalue weighted by molar-refractivity contribution is 1.15. The summed E-state index contributed by atoms with van der Waals surface area (Å²) in [6, 6.07) is 73.2. The molecule has 4 nitrogen and oxygen atoms in total. The fourth-order valence-electron chi connectivity index (χ4n) is 8.32. The highest BCUT2D eigenvalue weighted by Gasteiger charge is 2.21. The van der Waals surface area contributed by atoms with Crippen molar-refractivity contribution < 1.29 is 0 Å². The van der Waals surface area contributed by atoms with Gasteiger partial charge in [-0.25, -0.2) is 9.97 Å². The molecule has 0 saturated heterocycles. The SMILES string of the molecule is c1ccc(-c2ccc(-n3c4ccccc4c4ccc5c6ccccc6n(-c6ccc(-c7cc(-c8ccccc8)nc(-c8ccccc8)n7)cc6)c5c43)cc2)cc1. The number of hydrogen-bond donors (Lipinski definition) is 0. The normalized spacial score (nSPS) is 11.6. The van der Waals surface area contributed by atoms with Gasteiger partial charge in [0.2, 0.25) is 0 Å². The van der Waals surface area contributed by atoms with E-state index < -0.39 is 0 Å². The number of para-hydroxylation sites is 2. The highest BCUT2D eigenvalue weighted by molar-refractivity contribution is 6.23. The van der Waals surface area contributed by atoms with Crippen molar-refractivity contribution in [2.24, 2.45) is 0 Å². The summed E-state index contributed by atoms with van der Waals surface area (Å²) in [5.74, 6) is 0.709. The van der Waals surface area contributed by atoms with Crippen LogP contribution in [0.2, 0.25) is 0 Å². The summed E-state index contributed by atoms with van der Waals surface area (Å²) < 4.78 is 4.89. The predicted molar refractivity (Wildman–Crippen MR) is 232 cm³/mol. The topological polar surface area (TPSA) is 35.6 Å². The van der Waals surface area contributed by atoms with Crippen molar-refractivity contribution in [3.8, 4) is 56.4 Å². The van der Waals surface area contributed by atoms with E-state index in [4.69, 9.17) is 9.97 Å². The Morgan fingerprint density at radius 3 is 1.16 bits per heavy atom. The highest BCUT2D eigenvalue weighted by atomic mass is 15.0. The fourth-order valence-corrected chi connectivity index (χ4v) is 8.32. The molecule has 0 saturated carbocycles. The van der Waals surface area contributed by atoms with Gasteiger partial charge in [0, 0.05) is 49.6 Å². The summed E-state index contributed by atoms with van der Waals surface area (Å²) in [5, 5.41) is 4.90. The molecule has 0 spiro atoms.